The van der Waals surface area contributed by atoms with Crippen LogP contribution in [0.25, 0.3) is 0 Å². The first-order chi connectivity index (χ1) is 26.3. The number of hydrogen-bond acceptors (Lipinski definition) is 9. The molecule has 3 amide bonds. The average molecular weight is 790 g/mol. The maximum absolute atomic E-state index is 13.6. The molecule has 5 rings (SSSR count). The molecule has 17 heteroatoms. The smallest absolute Gasteiger partial charge is 0.416 e. The standard InChI is InChI=1S/C38H36ClF4N3O9/c1-3-50-34-33(51-20-23-6-4-22(2)5-7-23)32(55-37(49)45-27-14-8-24(9-15-27)38(41,42)43)31(54-36(48)46-29-18-12-26(40)13-19-29)30(53-34)21-52-35(47)44-28-16-10-25(39)11-17-28/h4-19,30-34H,3,20-21H2,1-2H3,(H,44,47)(H,45,49)(H,46,48)/t30-,31-,32+,33-,34+/m1/s1. The Morgan fingerprint density at radius 3 is 1.80 bits per heavy atom. The van der Waals surface area contributed by atoms with Gasteiger partial charge in [-0.1, -0.05) is 41.4 Å². The fourth-order valence-electron chi connectivity index (χ4n) is 5.30. The van der Waals surface area contributed by atoms with E-state index in [0.29, 0.717) is 16.3 Å². The summed E-state index contributed by atoms with van der Waals surface area (Å²) < 4.78 is 88.4. The number of hydrogen-bond donors (Lipinski definition) is 3. The Morgan fingerprint density at radius 1 is 0.709 bits per heavy atom. The Morgan fingerprint density at radius 2 is 1.24 bits per heavy atom. The fourth-order valence-corrected chi connectivity index (χ4v) is 5.43. The van der Waals surface area contributed by atoms with Gasteiger partial charge in [0.1, 0.15) is 24.6 Å². The summed E-state index contributed by atoms with van der Waals surface area (Å²) in [6, 6.07) is 21.9. The van der Waals surface area contributed by atoms with Crippen molar-refractivity contribution in [1.29, 1.82) is 0 Å². The van der Waals surface area contributed by atoms with E-state index in [9.17, 15) is 31.9 Å². The van der Waals surface area contributed by atoms with Crippen LogP contribution in [0.1, 0.15) is 23.6 Å². The number of carbonyl (C=O) groups excluding carboxylic acids is 3. The lowest BCUT2D eigenvalue weighted by Gasteiger charge is -2.44. The highest BCUT2D eigenvalue weighted by Gasteiger charge is 2.52. The molecule has 0 saturated carbocycles. The Bertz CT molecular complexity index is 1880. The second kappa shape index (κ2) is 18.8. The van der Waals surface area contributed by atoms with Crippen molar-refractivity contribution in [1.82, 2.24) is 0 Å². The number of nitrogens with one attached hydrogen (secondary N) is 3. The molecular formula is C38H36ClF4N3O9. The summed E-state index contributed by atoms with van der Waals surface area (Å²) in [5.41, 5.74) is 1.21. The Hall–Kier alpha value is -5.42. The van der Waals surface area contributed by atoms with Crippen molar-refractivity contribution < 1.29 is 60.4 Å². The zero-order chi connectivity index (χ0) is 39.5. The van der Waals surface area contributed by atoms with Crippen molar-refractivity contribution in [2.75, 3.05) is 29.2 Å². The summed E-state index contributed by atoms with van der Waals surface area (Å²) in [5.74, 6) is -0.559. The van der Waals surface area contributed by atoms with Crippen LogP contribution >= 0.6 is 11.6 Å². The molecule has 1 saturated heterocycles. The summed E-state index contributed by atoms with van der Waals surface area (Å²) in [6.45, 7) is 3.00. The third-order valence-corrected chi connectivity index (χ3v) is 8.24. The lowest BCUT2D eigenvalue weighted by atomic mass is 9.98. The first-order valence-corrected chi connectivity index (χ1v) is 17.2. The van der Waals surface area contributed by atoms with Crippen LogP contribution in [0.3, 0.4) is 0 Å². The van der Waals surface area contributed by atoms with E-state index in [-0.39, 0.29) is 24.6 Å². The highest BCUT2D eigenvalue weighted by molar-refractivity contribution is 6.30. The molecule has 0 unspecified atom stereocenters. The largest absolute Gasteiger partial charge is 0.446 e. The second-order valence-electron chi connectivity index (χ2n) is 12.1. The monoisotopic (exact) mass is 789 g/mol. The number of amides is 3. The van der Waals surface area contributed by atoms with Crippen LogP contribution < -0.4 is 16.0 Å². The Labute approximate surface area is 317 Å². The van der Waals surface area contributed by atoms with E-state index < -0.39 is 73.1 Å². The van der Waals surface area contributed by atoms with Crippen molar-refractivity contribution in [3.8, 4) is 0 Å². The summed E-state index contributed by atoms with van der Waals surface area (Å²) in [6.07, 6.45) is -14.9. The van der Waals surface area contributed by atoms with Crippen LogP contribution in [0.5, 0.6) is 0 Å². The second-order valence-corrected chi connectivity index (χ2v) is 12.5. The molecule has 12 nitrogen and oxygen atoms in total. The Kier molecular flexibility index (Phi) is 13.9. The van der Waals surface area contributed by atoms with Gasteiger partial charge in [-0.05, 0) is 92.2 Å². The highest BCUT2D eigenvalue weighted by Crippen LogP contribution is 2.32. The molecule has 1 aliphatic rings. The SMILES string of the molecule is CCO[C@H]1O[C@H](COC(=O)Nc2ccc(Cl)cc2)[C@@H](OC(=O)Nc2ccc(F)cc2)[C@H](OC(=O)Nc2ccc(C(F)(F)F)cc2)[C@H]1OCc1ccc(C)cc1. The number of aryl methyl sites for hydroxylation is 1. The first-order valence-electron chi connectivity index (χ1n) is 16.8. The first kappa shape index (κ1) is 40.8. The quantitative estimate of drug-likeness (QED) is 0.0947. The lowest BCUT2D eigenvalue weighted by Crippen LogP contribution is -2.63. The molecule has 0 aromatic heterocycles. The van der Waals surface area contributed by atoms with Crippen molar-refractivity contribution in [3.05, 3.63) is 125 Å². The molecular weight excluding hydrogens is 754 g/mol. The molecule has 0 spiro atoms. The van der Waals surface area contributed by atoms with E-state index in [0.717, 1.165) is 42.0 Å². The van der Waals surface area contributed by atoms with Gasteiger partial charge in [0, 0.05) is 28.7 Å². The van der Waals surface area contributed by atoms with Crippen LogP contribution in [0, 0.1) is 12.7 Å². The van der Waals surface area contributed by atoms with Gasteiger partial charge in [0.25, 0.3) is 0 Å². The van der Waals surface area contributed by atoms with E-state index >= 15 is 0 Å². The maximum atomic E-state index is 13.6. The molecule has 1 heterocycles. The predicted octanol–water partition coefficient (Wildman–Crippen LogP) is 8.94. The molecule has 3 N–H and O–H groups in total. The van der Waals surface area contributed by atoms with Crippen molar-refractivity contribution in [2.24, 2.45) is 0 Å². The van der Waals surface area contributed by atoms with Gasteiger partial charge in [-0.25, -0.2) is 18.8 Å². The minimum absolute atomic E-state index is 0.0474. The summed E-state index contributed by atoms with van der Waals surface area (Å²) >= 11 is 5.93. The van der Waals surface area contributed by atoms with Crippen molar-refractivity contribution >= 4 is 46.9 Å². The molecule has 4 aromatic rings. The molecule has 1 fully saturated rings. The van der Waals surface area contributed by atoms with Gasteiger partial charge in [0.05, 0.1) is 12.2 Å². The zero-order valence-corrected chi connectivity index (χ0v) is 30.1. The number of anilines is 3. The fraction of sp³-hybridized carbons (Fsp3) is 0.289. The van der Waals surface area contributed by atoms with E-state index in [1.165, 1.54) is 24.3 Å². The van der Waals surface area contributed by atoms with Gasteiger partial charge >= 0.3 is 24.5 Å². The van der Waals surface area contributed by atoms with Gasteiger partial charge in [-0.3, -0.25) is 16.0 Å². The van der Waals surface area contributed by atoms with Gasteiger partial charge in [-0.15, -0.1) is 0 Å². The van der Waals surface area contributed by atoms with Crippen molar-refractivity contribution in [3.63, 3.8) is 0 Å². The average Bonchev–Trinajstić information content (AvgIpc) is 3.14. The number of benzene rings is 4. The minimum atomic E-state index is -4.61. The minimum Gasteiger partial charge on any atom is -0.446 e. The number of ether oxygens (including phenoxy) is 6. The molecule has 5 atom stereocenters. The topological polar surface area (TPSA) is 143 Å². The molecule has 4 aromatic carbocycles. The van der Waals surface area contributed by atoms with Crippen LogP contribution in [0.4, 0.5) is 49.0 Å². The summed E-state index contributed by atoms with van der Waals surface area (Å²) in [4.78, 5) is 39.6. The third-order valence-electron chi connectivity index (χ3n) is 7.99. The van der Waals surface area contributed by atoms with E-state index in [4.69, 9.17) is 40.0 Å². The van der Waals surface area contributed by atoms with E-state index in [2.05, 4.69) is 16.0 Å². The van der Waals surface area contributed by atoms with Crippen LogP contribution in [0.15, 0.2) is 97.1 Å². The molecule has 292 valence electrons. The van der Waals surface area contributed by atoms with Crippen LogP contribution in [-0.4, -0.2) is 62.2 Å². The Balaban J connectivity index is 1.45. The van der Waals surface area contributed by atoms with Gasteiger partial charge < -0.3 is 28.4 Å². The van der Waals surface area contributed by atoms with Gasteiger partial charge in [-0.2, -0.15) is 13.2 Å². The molecule has 0 radical (unpaired) electrons. The highest BCUT2D eigenvalue weighted by atomic mass is 35.5. The van der Waals surface area contributed by atoms with Gasteiger partial charge in [0.2, 0.25) is 0 Å². The number of rotatable bonds is 12. The number of halogens is 5. The summed E-state index contributed by atoms with van der Waals surface area (Å²) in [5, 5.41) is 7.78. The van der Waals surface area contributed by atoms with Crippen LogP contribution in [0.2, 0.25) is 5.02 Å². The zero-order valence-electron chi connectivity index (χ0n) is 29.3. The molecule has 0 aliphatic carbocycles. The molecule has 1 aliphatic heterocycles. The lowest BCUT2D eigenvalue weighted by molar-refractivity contribution is -0.308. The molecule has 0 bridgehead atoms. The number of alkyl halides is 3. The van der Waals surface area contributed by atoms with Crippen LogP contribution in [-0.2, 0) is 41.2 Å². The third kappa shape index (κ3) is 12.0. The predicted molar refractivity (Wildman–Crippen MR) is 192 cm³/mol. The van der Waals surface area contributed by atoms with E-state index in [1.807, 2.05) is 31.2 Å². The summed E-state index contributed by atoms with van der Waals surface area (Å²) in [7, 11) is 0. The number of carbonyl (C=O) groups is 3. The maximum Gasteiger partial charge on any atom is 0.416 e. The molecule has 55 heavy (non-hydrogen) atoms. The normalized spacial score (nSPS) is 19.5. The van der Waals surface area contributed by atoms with Gasteiger partial charge in [0.15, 0.2) is 18.5 Å². The van der Waals surface area contributed by atoms with E-state index in [1.54, 1.807) is 19.1 Å². The van der Waals surface area contributed by atoms with Crippen molar-refractivity contribution in [2.45, 2.75) is 57.3 Å².